The predicted molar refractivity (Wildman–Crippen MR) is 123 cm³/mol. The lowest BCUT2D eigenvalue weighted by Gasteiger charge is -2.35. The zero-order valence-electron chi connectivity index (χ0n) is 19.2. The van der Waals surface area contributed by atoms with E-state index in [2.05, 4.69) is 34.2 Å². The molecule has 1 aliphatic heterocycles. The number of ether oxygens (including phenoxy) is 1. The van der Waals surface area contributed by atoms with Crippen molar-refractivity contribution in [3.8, 4) is 11.4 Å². The number of hydrogen-bond donors (Lipinski definition) is 1. The molecule has 174 valence electrons. The van der Waals surface area contributed by atoms with Crippen molar-refractivity contribution in [2.75, 3.05) is 18.4 Å². The van der Waals surface area contributed by atoms with Crippen LogP contribution in [0.5, 0.6) is 0 Å². The van der Waals surface area contributed by atoms with Gasteiger partial charge in [-0.05, 0) is 44.0 Å². The molecule has 7 nitrogen and oxygen atoms in total. The Labute approximate surface area is 192 Å². The summed E-state index contributed by atoms with van der Waals surface area (Å²) in [6.45, 7) is 8.31. The van der Waals surface area contributed by atoms with Gasteiger partial charge >= 0.3 is 0 Å². The van der Waals surface area contributed by atoms with E-state index in [-0.39, 0.29) is 30.4 Å². The van der Waals surface area contributed by atoms with Gasteiger partial charge in [0.05, 0.1) is 12.2 Å². The molecule has 2 aromatic carbocycles. The summed E-state index contributed by atoms with van der Waals surface area (Å²) in [5.74, 6) is 0.194. The average Bonchev–Trinajstić information content (AvgIpc) is 3.24. The van der Waals surface area contributed by atoms with E-state index < -0.39 is 0 Å². The first-order valence-electron chi connectivity index (χ1n) is 11.2. The van der Waals surface area contributed by atoms with Crippen LogP contribution in [0.1, 0.15) is 37.3 Å². The van der Waals surface area contributed by atoms with Gasteiger partial charge in [-0.25, -0.2) is 4.39 Å². The Morgan fingerprint density at radius 2 is 1.94 bits per heavy atom. The van der Waals surface area contributed by atoms with E-state index in [4.69, 9.17) is 9.26 Å². The van der Waals surface area contributed by atoms with Crippen molar-refractivity contribution in [1.29, 1.82) is 0 Å². The molecule has 1 saturated heterocycles. The number of amides is 1. The number of morpholine rings is 1. The summed E-state index contributed by atoms with van der Waals surface area (Å²) >= 11 is 0. The van der Waals surface area contributed by atoms with Crippen LogP contribution in [0.3, 0.4) is 0 Å². The van der Waals surface area contributed by atoms with Crippen LogP contribution < -0.4 is 5.32 Å². The number of para-hydroxylation sites is 1. The Kier molecular flexibility index (Phi) is 7.15. The summed E-state index contributed by atoms with van der Waals surface area (Å²) in [7, 11) is 0. The molecule has 1 aromatic heterocycles. The van der Waals surface area contributed by atoms with E-state index >= 15 is 0 Å². The summed E-state index contributed by atoms with van der Waals surface area (Å²) in [5, 5.41) is 6.92. The summed E-state index contributed by atoms with van der Waals surface area (Å²) < 4.78 is 24.9. The lowest BCUT2D eigenvalue weighted by atomic mass is 10.1. The summed E-state index contributed by atoms with van der Waals surface area (Å²) in [6.07, 6.45) is 0.870. The summed E-state index contributed by atoms with van der Waals surface area (Å²) in [4.78, 5) is 19.3. The van der Waals surface area contributed by atoms with Gasteiger partial charge in [-0.3, -0.25) is 9.69 Å². The number of benzene rings is 2. The van der Waals surface area contributed by atoms with Gasteiger partial charge in [-0.2, -0.15) is 4.98 Å². The monoisotopic (exact) mass is 452 g/mol. The quantitative estimate of drug-likeness (QED) is 0.574. The maximum atomic E-state index is 13.8. The molecule has 8 heteroatoms. The van der Waals surface area contributed by atoms with Crippen LogP contribution in [-0.4, -0.2) is 46.2 Å². The zero-order chi connectivity index (χ0) is 23.4. The van der Waals surface area contributed by atoms with Crippen LogP contribution in [0.2, 0.25) is 0 Å². The fourth-order valence-corrected chi connectivity index (χ4v) is 4.07. The lowest BCUT2D eigenvalue weighted by Crippen LogP contribution is -2.44. The summed E-state index contributed by atoms with van der Waals surface area (Å²) in [5.41, 5.74) is 2.96. The van der Waals surface area contributed by atoms with Gasteiger partial charge in [-0.1, -0.05) is 35.5 Å². The number of carbonyl (C=O) groups excluding carboxylic acids is 1. The van der Waals surface area contributed by atoms with Gasteiger partial charge in [-0.15, -0.1) is 0 Å². The third kappa shape index (κ3) is 6.03. The van der Waals surface area contributed by atoms with Gasteiger partial charge in [0.15, 0.2) is 0 Å². The fraction of sp³-hybridized carbons (Fsp3) is 0.400. The largest absolute Gasteiger partial charge is 0.373 e. The highest BCUT2D eigenvalue weighted by molar-refractivity contribution is 5.91. The second-order valence-corrected chi connectivity index (χ2v) is 8.63. The van der Waals surface area contributed by atoms with E-state index in [0.29, 0.717) is 29.3 Å². The maximum absolute atomic E-state index is 13.8. The minimum Gasteiger partial charge on any atom is -0.373 e. The molecule has 0 spiro atoms. The van der Waals surface area contributed by atoms with Crippen molar-refractivity contribution in [2.45, 2.75) is 52.4 Å². The molecular formula is C25H29FN4O3. The van der Waals surface area contributed by atoms with E-state index in [9.17, 15) is 9.18 Å². The molecule has 0 aliphatic carbocycles. The van der Waals surface area contributed by atoms with E-state index in [1.807, 2.05) is 24.3 Å². The van der Waals surface area contributed by atoms with Crippen LogP contribution >= 0.6 is 0 Å². The highest BCUT2D eigenvalue weighted by Gasteiger charge is 2.23. The molecule has 1 N–H and O–H groups in total. The van der Waals surface area contributed by atoms with Crippen LogP contribution in [0.25, 0.3) is 11.4 Å². The smallest absolute Gasteiger partial charge is 0.227 e. The predicted octanol–water partition coefficient (Wildman–Crippen LogP) is 4.36. The minimum absolute atomic E-state index is 0.132. The molecular weight excluding hydrogens is 423 g/mol. The highest BCUT2D eigenvalue weighted by atomic mass is 19.1. The molecule has 3 aromatic rings. The number of aromatic nitrogens is 2. The number of anilines is 1. The van der Waals surface area contributed by atoms with Gasteiger partial charge in [0.1, 0.15) is 5.82 Å². The van der Waals surface area contributed by atoms with Crippen LogP contribution in [-0.2, 0) is 22.5 Å². The molecule has 1 fully saturated rings. The second-order valence-electron chi connectivity index (χ2n) is 8.63. The first kappa shape index (κ1) is 23.1. The third-order valence-corrected chi connectivity index (χ3v) is 5.64. The van der Waals surface area contributed by atoms with Crippen LogP contribution in [0.15, 0.2) is 47.0 Å². The molecule has 2 atom stereocenters. The normalized spacial score (nSPS) is 18.9. The Bertz CT molecular complexity index is 1110. The molecule has 33 heavy (non-hydrogen) atoms. The van der Waals surface area contributed by atoms with Crippen molar-refractivity contribution < 1.29 is 18.4 Å². The summed E-state index contributed by atoms with van der Waals surface area (Å²) in [6, 6.07) is 12.6. The molecule has 1 aliphatic rings. The molecule has 1 amide bonds. The van der Waals surface area contributed by atoms with Crippen LogP contribution in [0, 0.1) is 12.7 Å². The zero-order valence-corrected chi connectivity index (χ0v) is 19.2. The third-order valence-electron chi connectivity index (χ3n) is 5.64. The van der Waals surface area contributed by atoms with E-state index in [0.717, 1.165) is 30.9 Å². The lowest BCUT2D eigenvalue weighted by molar-refractivity contribution is -0.116. The Morgan fingerprint density at radius 3 is 2.70 bits per heavy atom. The molecule has 2 unspecified atom stereocenters. The van der Waals surface area contributed by atoms with Gasteiger partial charge < -0.3 is 14.6 Å². The Morgan fingerprint density at radius 1 is 1.18 bits per heavy atom. The Balaban J connectivity index is 1.34. The van der Waals surface area contributed by atoms with Gasteiger partial charge in [0, 0.05) is 43.7 Å². The standard InChI is InChI=1S/C25H29FN4O3/c1-16-8-9-19(12-21(16)26)25-28-24(33-29-25)11-10-23(31)27-22-7-5-4-6-20(22)15-30-13-17(2)32-18(3)14-30/h4-9,12,17-18H,10-11,13-15H2,1-3H3,(H,27,31). The molecule has 0 bridgehead atoms. The number of halogens is 1. The SMILES string of the molecule is Cc1ccc(-c2noc(CCC(=O)Nc3ccccc3CN3CC(C)OC(C)C3)n2)cc1F. The number of nitrogens with zero attached hydrogens (tertiary/aromatic N) is 3. The first-order chi connectivity index (χ1) is 15.9. The highest BCUT2D eigenvalue weighted by Crippen LogP contribution is 2.22. The molecule has 2 heterocycles. The topological polar surface area (TPSA) is 80.5 Å². The first-order valence-corrected chi connectivity index (χ1v) is 11.2. The number of carbonyl (C=O) groups is 1. The van der Waals surface area contributed by atoms with Crippen molar-refractivity contribution >= 4 is 11.6 Å². The molecule has 0 radical (unpaired) electrons. The van der Waals surface area contributed by atoms with E-state index in [1.165, 1.54) is 6.07 Å². The number of rotatable bonds is 7. The van der Waals surface area contributed by atoms with Crippen molar-refractivity contribution in [3.63, 3.8) is 0 Å². The van der Waals surface area contributed by atoms with Gasteiger partial charge in [0.2, 0.25) is 17.6 Å². The molecule has 4 rings (SSSR count). The second kappa shape index (κ2) is 10.2. The fourth-order valence-electron chi connectivity index (χ4n) is 4.07. The van der Waals surface area contributed by atoms with Crippen molar-refractivity contribution in [1.82, 2.24) is 15.0 Å². The number of aryl methyl sites for hydroxylation is 2. The maximum Gasteiger partial charge on any atom is 0.227 e. The van der Waals surface area contributed by atoms with Gasteiger partial charge in [0.25, 0.3) is 0 Å². The van der Waals surface area contributed by atoms with Crippen molar-refractivity contribution in [2.24, 2.45) is 0 Å². The Hall–Kier alpha value is -3.10. The van der Waals surface area contributed by atoms with Crippen molar-refractivity contribution in [3.05, 3.63) is 65.3 Å². The minimum atomic E-state index is -0.321. The van der Waals surface area contributed by atoms with Crippen LogP contribution in [0.4, 0.5) is 10.1 Å². The van der Waals surface area contributed by atoms with E-state index in [1.54, 1.807) is 19.1 Å². The molecule has 0 saturated carbocycles. The average molecular weight is 453 g/mol. The number of hydrogen-bond acceptors (Lipinski definition) is 6. The number of nitrogens with one attached hydrogen (secondary N) is 1.